The second-order valence-corrected chi connectivity index (χ2v) is 4.41. The summed E-state index contributed by atoms with van der Waals surface area (Å²) in [5, 5.41) is 3.14. The van der Waals surface area contributed by atoms with E-state index in [1.165, 1.54) is 0 Å². The van der Waals surface area contributed by atoms with Gasteiger partial charge >= 0.3 is 0 Å². The van der Waals surface area contributed by atoms with Crippen molar-refractivity contribution in [2.24, 2.45) is 0 Å². The third-order valence-electron chi connectivity index (χ3n) is 2.80. The largest absolute Gasteiger partial charge is 0.350 e. The van der Waals surface area contributed by atoms with Crippen LogP contribution in [0.1, 0.15) is 46.0 Å². The van der Waals surface area contributed by atoms with Gasteiger partial charge in [-0.05, 0) is 32.7 Å². The fourth-order valence-electron chi connectivity index (χ4n) is 1.60. The Morgan fingerprint density at radius 2 is 2.35 bits per heavy atom. The second kappa shape index (κ2) is 8.44. The molecule has 0 aliphatic carbocycles. The highest BCUT2D eigenvalue weighted by atomic mass is 16.8. The molecule has 0 saturated carbocycles. The van der Waals surface area contributed by atoms with Crippen molar-refractivity contribution < 1.29 is 14.4 Å². The summed E-state index contributed by atoms with van der Waals surface area (Å²) in [6, 6.07) is -0.231. The van der Waals surface area contributed by atoms with Gasteiger partial charge in [0.25, 0.3) is 5.91 Å². The Morgan fingerprint density at radius 1 is 1.53 bits per heavy atom. The first-order chi connectivity index (χ1) is 8.24. The third kappa shape index (κ3) is 6.00. The number of nitrogens with one attached hydrogen (secondary N) is 2. The van der Waals surface area contributed by atoms with Gasteiger partial charge in [0.05, 0.1) is 6.04 Å². The summed E-state index contributed by atoms with van der Waals surface area (Å²) in [5.74, 6) is -0.143. The van der Waals surface area contributed by atoms with E-state index in [2.05, 4.69) is 17.7 Å². The van der Waals surface area contributed by atoms with Gasteiger partial charge in [0.15, 0.2) is 6.29 Å². The molecule has 0 bridgehead atoms. The number of carbonyl (C=O) groups is 1. The van der Waals surface area contributed by atoms with Gasteiger partial charge in [0.2, 0.25) is 0 Å². The fraction of sp³-hybridized carbons (Fsp3) is 0.917. The summed E-state index contributed by atoms with van der Waals surface area (Å²) in [7, 11) is 0. The predicted octanol–water partition coefficient (Wildman–Crippen LogP) is 1.34. The van der Waals surface area contributed by atoms with Gasteiger partial charge in [-0.15, -0.1) is 0 Å². The van der Waals surface area contributed by atoms with E-state index >= 15 is 0 Å². The van der Waals surface area contributed by atoms with E-state index in [0.29, 0.717) is 6.61 Å². The summed E-state index contributed by atoms with van der Waals surface area (Å²) >= 11 is 0. The molecule has 0 aromatic carbocycles. The quantitative estimate of drug-likeness (QED) is 0.524. The number of rotatable bonds is 7. The van der Waals surface area contributed by atoms with Crippen LogP contribution in [0.15, 0.2) is 0 Å². The number of hydrogen-bond acceptors (Lipinski definition) is 4. The normalized spacial score (nSPS) is 22.1. The molecule has 0 radical (unpaired) electrons. The van der Waals surface area contributed by atoms with Crippen molar-refractivity contribution in [2.75, 3.05) is 13.2 Å². The summed E-state index contributed by atoms with van der Waals surface area (Å²) < 4.78 is 5.35. The Bertz CT molecular complexity index is 218. The van der Waals surface area contributed by atoms with Crippen molar-refractivity contribution in [1.29, 1.82) is 0 Å². The minimum atomic E-state index is -0.282. The molecular weight excluding hydrogens is 220 g/mol. The van der Waals surface area contributed by atoms with E-state index in [4.69, 9.17) is 9.57 Å². The number of carbonyl (C=O) groups excluding carboxylic acids is 1. The van der Waals surface area contributed by atoms with Gasteiger partial charge in [-0.2, -0.15) is 0 Å². The third-order valence-corrected chi connectivity index (χ3v) is 2.80. The van der Waals surface area contributed by atoms with Crippen LogP contribution in [-0.2, 0) is 14.4 Å². The number of hydroxylamine groups is 1. The molecule has 1 aliphatic heterocycles. The van der Waals surface area contributed by atoms with E-state index in [1.807, 2.05) is 6.92 Å². The molecule has 1 saturated heterocycles. The van der Waals surface area contributed by atoms with E-state index < -0.39 is 0 Å². The lowest BCUT2D eigenvalue weighted by Crippen LogP contribution is -2.44. The van der Waals surface area contributed by atoms with Crippen molar-refractivity contribution in [1.82, 2.24) is 10.8 Å². The van der Waals surface area contributed by atoms with Gasteiger partial charge < -0.3 is 10.1 Å². The molecule has 5 nitrogen and oxygen atoms in total. The molecule has 2 atom stereocenters. The molecule has 100 valence electrons. The molecule has 0 aromatic heterocycles. The van der Waals surface area contributed by atoms with Gasteiger partial charge in [-0.1, -0.05) is 13.3 Å². The SMILES string of the molecule is CCCCNC(C)C(=O)NOC1CCCCO1. The molecule has 2 unspecified atom stereocenters. The van der Waals surface area contributed by atoms with Gasteiger partial charge in [0, 0.05) is 13.0 Å². The summed E-state index contributed by atoms with van der Waals surface area (Å²) in [6.45, 7) is 5.52. The molecule has 2 N–H and O–H groups in total. The number of ether oxygens (including phenoxy) is 1. The van der Waals surface area contributed by atoms with Crippen LogP contribution in [0.5, 0.6) is 0 Å². The zero-order valence-electron chi connectivity index (χ0n) is 10.8. The molecule has 17 heavy (non-hydrogen) atoms. The zero-order valence-corrected chi connectivity index (χ0v) is 10.8. The molecule has 5 heteroatoms. The smallest absolute Gasteiger partial charge is 0.260 e. The first-order valence-corrected chi connectivity index (χ1v) is 6.54. The van der Waals surface area contributed by atoms with Crippen molar-refractivity contribution in [3.8, 4) is 0 Å². The fourth-order valence-corrected chi connectivity index (χ4v) is 1.60. The van der Waals surface area contributed by atoms with Gasteiger partial charge in [-0.3, -0.25) is 4.79 Å². The van der Waals surface area contributed by atoms with Gasteiger partial charge in [-0.25, -0.2) is 10.3 Å². The highest BCUT2D eigenvalue weighted by Gasteiger charge is 2.17. The summed E-state index contributed by atoms with van der Waals surface area (Å²) in [4.78, 5) is 16.8. The Morgan fingerprint density at radius 3 is 3.00 bits per heavy atom. The first kappa shape index (κ1) is 14.4. The molecule has 1 aliphatic rings. The molecule has 1 fully saturated rings. The molecule has 0 aromatic rings. The maximum atomic E-state index is 11.6. The standard InChI is InChI=1S/C12H24N2O3/c1-3-4-8-13-10(2)12(15)14-17-11-7-5-6-9-16-11/h10-11,13H,3-9H2,1-2H3,(H,14,15). The predicted molar refractivity (Wildman–Crippen MR) is 65.2 cm³/mol. The Hall–Kier alpha value is -0.650. The van der Waals surface area contributed by atoms with E-state index in [-0.39, 0.29) is 18.2 Å². The number of amides is 1. The Kier molecular flexibility index (Phi) is 7.16. The number of unbranched alkanes of at least 4 members (excludes halogenated alkanes) is 1. The van der Waals surface area contributed by atoms with Crippen molar-refractivity contribution in [2.45, 2.75) is 58.3 Å². The summed E-state index contributed by atoms with van der Waals surface area (Å²) in [6.07, 6.45) is 4.92. The van der Waals surface area contributed by atoms with Crippen LogP contribution in [0.25, 0.3) is 0 Å². The minimum absolute atomic E-state index is 0.143. The lowest BCUT2D eigenvalue weighted by Gasteiger charge is -2.23. The maximum absolute atomic E-state index is 11.6. The van der Waals surface area contributed by atoms with Crippen LogP contribution < -0.4 is 10.8 Å². The zero-order chi connectivity index (χ0) is 12.5. The average Bonchev–Trinajstić information content (AvgIpc) is 2.37. The lowest BCUT2D eigenvalue weighted by molar-refractivity contribution is -0.201. The monoisotopic (exact) mass is 244 g/mol. The van der Waals surface area contributed by atoms with E-state index in [0.717, 1.165) is 38.6 Å². The van der Waals surface area contributed by atoms with Crippen LogP contribution in [0.4, 0.5) is 0 Å². The van der Waals surface area contributed by atoms with Crippen LogP contribution in [-0.4, -0.2) is 31.4 Å². The van der Waals surface area contributed by atoms with Crippen molar-refractivity contribution in [3.05, 3.63) is 0 Å². The lowest BCUT2D eigenvalue weighted by atomic mass is 10.2. The highest BCUT2D eigenvalue weighted by Crippen LogP contribution is 2.12. The van der Waals surface area contributed by atoms with Crippen LogP contribution in [0.3, 0.4) is 0 Å². The summed E-state index contributed by atoms with van der Waals surface area (Å²) in [5.41, 5.74) is 2.45. The maximum Gasteiger partial charge on any atom is 0.260 e. The molecular formula is C12H24N2O3. The molecule has 1 rings (SSSR count). The Labute approximate surface area is 103 Å². The van der Waals surface area contributed by atoms with Crippen LogP contribution in [0.2, 0.25) is 0 Å². The van der Waals surface area contributed by atoms with Crippen molar-refractivity contribution >= 4 is 5.91 Å². The van der Waals surface area contributed by atoms with Gasteiger partial charge in [0.1, 0.15) is 0 Å². The molecule has 1 heterocycles. The highest BCUT2D eigenvalue weighted by molar-refractivity contribution is 5.80. The van der Waals surface area contributed by atoms with Crippen molar-refractivity contribution in [3.63, 3.8) is 0 Å². The van der Waals surface area contributed by atoms with E-state index in [9.17, 15) is 4.79 Å². The van der Waals surface area contributed by atoms with E-state index in [1.54, 1.807) is 0 Å². The van der Waals surface area contributed by atoms with Crippen LogP contribution in [0, 0.1) is 0 Å². The second-order valence-electron chi connectivity index (χ2n) is 4.41. The van der Waals surface area contributed by atoms with Crippen LogP contribution >= 0.6 is 0 Å². The average molecular weight is 244 g/mol. The minimum Gasteiger partial charge on any atom is -0.350 e. The Balaban J connectivity index is 2.10. The molecule has 1 amide bonds. The topological polar surface area (TPSA) is 59.6 Å². The first-order valence-electron chi connectivity index (χ1n) is 6.54. The number of hydrogen-bond donors (Lipinski definition) is 2. The molecule has 0 spiro atoms.